The van der Waals surface area contributed by atoms with E-state index in [-0.39, 0.29) is 41.0 Å². The Morgan fingerprint density at radius 2 is 1.55 bits per heavy atom. The number of nitrogens with zero attached hydrogens (tertiary/aromatic N) is 5. The number of piperidine rings is 2. The number of halogens is 2. The van der Waals surface area contributed by atoms with Crippen molar-refractivity contribution in [3.05, 3.63) is 125 Å². The molecule has 3 saturated heterocycles. The molecule has 0 saturated carbocycles. The van der Waals surface area contributed by atoms with Gasteiger partial charge in [-0.25, -0.2) is 9.37 Å². The van der Waals surface area contributed by atoms with Crippen molar-refractivity contribution in [3.8, 4) is 11.1 Å². The molecule has 308 valence electrons. The minimum atomic E-state index is -0.682. The maximum absolute atomic E-state index is 14.9. The molecule has 1 aromatic heterocycles. The van der Waals surface area contributed by atoms with E-state index in [0.717, 1.165) is 63.0 Å². The summed E-state index contributed by atoms with van der Waals surface area (Å²) in [6, 6.07) is 27.1. The van der Waals surface area contributed by atoms with Crippen LogP contribution in [0.2, 0.25) is 5.02 Å². The van der Waals surface area contributed by atoms with Crippen LogP contribution in [0.1, 0.15) is 57.9 Å². The number of aromatic nitrogens is 2. The van der Waals surface area contributed by atoms with Crippen LogP contribution in [-0.2, 0) is 9.59 Å². The predicted octanol–water partition coefficient (Wildman–Crippen LogP) is 6.72. The Labute approximate surface area is 352 Å². The number of carbonyl (C=O) groups is 4. The minimum Gasteiger partial charge on any atom is -0.369 e. The average molecular weight is 830 g/mol. The first-order valence-electron chi connectivity index (χ1n) is 20.1. The third-order valence-electron chi connectivity index (χ3n) is 11.5. The molecule has 3 aliphatic rings. The molecule has 15 heteroatoms. The van der Waals surface area contributed by atoms with E-state index < -0.39 is 11.7 Å². The molecule has 13 nitrogen and oxygen atoms in total. The average Bonchev–Trinajstić information content (AvgIpc) is 3.26. The number of nitrogens with two attached hydrogens (primary N) is 1. The highest BCUT2D eigenvalue weighted by Crippen LogP contribution is 2.34. The van der Waals surface area contributed by atoms with Crippen molar-refractivity contribution in [2.24, 2.45) is 11.7 Å². The summed E-state index contributed by atoms with van der Waals surface area (Å²) in [5.41, 5.74) is 10.7. The maximum atomic E-state index is 14.9. The Balaban J connectivity index is 0.805. The second-order valence-electron chi connectivity index (χ2n) is 15.4. The van der Waals surface area contributed by atoms with Crippen LogP contribution in [0, 0.1) is 11.7 Å². The first kappa shape index (κ1) is 40.4. The number of piperazine rings is 1. The standard InChI is InChI=1S/C45H45ClFN9O4/c46-38-4-2-1-3-35(38)37-25-32(11-14-36(37)41(48)58)50-42-39(47)26-49-45(53-42)51-31-9-5-30(6-10-31)44(60)56-19-17-28(18-20-56)27-54-21-23-55(24-22-54)33-12-7-29(8-13-33)34-15-16-40(57)52-43(34)59/h1-14,25-26,28,34H,15-24,27H2,(H2,48,58)(H,52,57,59)(H2,49,50,51,53). The minimum absolute atomic E-state index is 0.0136. The quantitative estimate of drug-likeness (QED) is 0.105. The Morgan fingerprint density at radius 1 is 0.833 bits per heavy atom. The van der Waals surface area contributed by atoms with Gasteiger partial charge in [-0.1, -0.05) is 41.9 Å². The molecule has 3 fully saturated rings. The third-order valence-corrected chi connectivity index (χ3v) is 11.9. The molecule has 0 aliphatic carbocycles. The van der Waals surface area contributed by atoms with E-state index in [1.807, 2.05) is 17.0 Å². The van der Waals surface area contributed by atoms with Crippen molar-refractivity contribution >= 4 is 64.1 Å². The fraction of sp³-hybridized carbons (Fsp3) is 0.289. The summed E-state index contributed by atoms with van der Waals surface area (Å²) in [5, 5.41) is 8.93. The second-order valence-corrected chi connectivity index (χ2v) is 15.8. The summed E-state index contributed by atoms with van der Waals surface area (Å²) in [6.07, 6.45) is 3.87. The van der Waals surface area contributed by atoms with Crippen LogP contribution in [0.25, 0.3) is 11.1 Å². The van der Waals surface area contributed by atoms with E-state index in [0.29, 0.717) is 64.9 Å². The smallest absolute Gasteiger partial charge is 0.253 e. The number of rotatable bonds is 11. The van der Waals surface area contributed by atoms with Crippen LogP contribution in [0.15, 0.2) is 97.2 Å². The summed E-state index contributed by atoms with van der Waals surface area (Å²) >= 11 is 6.42. The molecular weight excluding hydrogens is 785 g/mol. The van der Waals surface area contributed by atoms with Gasteiger partial charge in [-0.3, -0.25) is 29.4 Å². The maximum Gasteiger partial charge on any atom is 0.253 e. The number of amides is 4. The van der Waals surface area contributed by atoms with E-state index in [9.17, 15) is 23.6 Å². The van der Waals surface area contributed by atoms with Crippen LogP contribution in [0.5, 0.6) is 0 Å². The molecule has 8 rings (SSSR count). The van der Waals surface area contributed by atoms with Gasteiger partial charge in [0.15, 0.2) is 11.6 Å². The van der Waals surface area contributed by atoms with Crippen molar-refractivity contribution in [3.63, 3.8) is 0 Å². The van der Waals surface area contributed by atoms with Crippen molar-refractivity contribution in [1.29, 1.82) is 0 Å². The summed E-state index contributed by atoms with van der Waals surface area (Å²) in [4.78, 5) is 64.7. The summed E-state index contributed by atoms with van der Waals surface area (Å²) in [5.74, 6) is -1.43. The van der Waals surface area contributed by atoms with Gasteiger partial charge < -0.3 is 26.2 Å². The molecule has 5 aromatic rings. The van der Waals surface area contributed by atoms with Gasteiger partial charge in [0.2, 0.25) is 23.7 Å². The van der Waals surface area contributed by atoms with Crippen LogP contribution in [0.4, 0.5) is 33.2 Å². The highest BCUT2D eigenvalue weighted by atomic mass is 35.5. The molecule has 60 heavy (non-hydrogen) atoms. The summed E-state index contributed by atoms with van der Waals surface area (Å²) in [7, 11) is 0. The number of likely N-dealkylation sites (tertiary alicyclic amines) is 1. The molecule has 5 N–H and O–H groups in total. The van der Waals surface area contributed by atoms with E-state index in [4.69, 9.17) is 17.3 Å². The van der Waals surface area contributed by atoms with Crippen LogP contribution in [-0.4, -0.2) is 89.2 Å². The molecule has 3 aliphatic heterocycles. The van der Waals surface area contributed by atoms with E-state index in [1.54, 1.807) is 66.7 Å². The van der Waals surface area contributed by atoms with Crippen LogP contribution >= 0.6 is 11.6 Å². The molecule has 0 bridgehead atoms. The zero-order valence-electron chi connectivity index (χ0n) is 32.9. The van der Waals surface area contributed by atoms with Crippen molar-refractivity contribution in [2.45, 2.75) is 31.6 Å². The Hall–Kier alpha value is -6.38. The highest BCUT2D eigenvalue weighted by molar-refractivity contribution is 6.33. The Morgan fingerprint density at radius 3 is 2.25 bits per heavy atom. The van der Waals surface area contributed by atoms with E-state index >= 15 is 0 Å². The molecular formula is C45H45ClFN9O4. The SMILES string of the molecule is NC(=O)c1ccc(Nc2nc(Nc3ccc(C(=O)N4CCC(CN5CCN(c6ccc(C7CCC(=O)NC7=O)cc6)CC5)CC4)cc3)ncc2F)cc1-c1ccccc1Cl. The number of hydrogen-bond acceptors (Lipinski definition) is 10. The first-order chi connectivity index (χ1) is 29.1. The number of benzene rings is 4. The molecule has 1 atom stereocenters. The van der Waals surface area contributed by atoms with Crippen molar-refractivity contribution in [1.82, 2.24) is 25.1 Å². The van der Waals surface area contributed by atoms with Gasteiger partial charge in [0, 0.05) is 91.0 Å². The van der Waals surface area contributed by atoms with Gasteiger partial charge >= 0.3 is 0 Å². The first-order valence-corrected chi connectivity index (χ1v) is 20.5. The molecule has 4 amide bonds. The second kappa shape index (κ2) is 17.9. The molecule has 1 unspecified atom stereocenters. The molecule has 4 heterocycles. The lowest BCUT2D eigenvalue weighted by molar-refractivity contribution is -0.134. The zero-order chi connectivity index (χ0) is 41.8. The van der Waals surface area contributed by atoms with Gasteiger partial charge in [-0.2, -0.15) is 4.98 Å². The monoisotopic (exact) mass is 829 g/mol. The largest absolute Gasteiger partial charge is 0.369 e. The van der Waals surface area contributed by atoms with Gasteiger partial charge in [0.1, 0.15) is 0 Å². The third kappa shape index (κ3) is 9.24. The molecule has 4 aromatic carbocycles. The van der Waals surface area contributed by atoms with Gasteiger partial charge in [0.05, 0.1) is 12.1 Å². The fourth-order valence-corrected chi connectivity index (χ4v) is 8.44. The lowest BCUT2D eigenvalue weighted by Gasteiger charge is -2.39. The number of anilines is 5. The van der Waals surface area contributed by atoms with E-state index in [2.05, 4.69) is 47.9 Å². The van der Waals surface area contributed by atoms with Gasteiger partial charge in [-0.05, 0) is 97.0 Å². The van der Waals surface area contributed by atoms with Crippen molar-refractivity contribution in [2.75, 3.05) is 61.3 Å². The highest BCUT2D eigenvalue weighted by Gasteiger charge is 2.29. The number of imide groups is 1. The molecule has 0 radical (unpaired) electrons. The topological polar surface area (TPSA) is 166 Å². The fourth-order valence-electron chi connectivity index (χ4n) is 8.20. The predicted molar refractivity (Wildman–Crippen MR) is 229 cm³/mol. The van der Waals surface area contributed by atoms with Gasteiger partial charge in [-0.15, -0.1) is 0 Å². The van der Waals surface area contributed by atoms with Crippen molar-refractivity contribution < 1.29 is 23.6 Å². The summed E-state index contributed by atoms with van der Waals surface area (Å²) in [6.45, 7) is 6.19. The number of carbonyl (C=O) groups excluding carboxylic acids is 4. The normalized spacial score (nSPS) is 17.6. The summed E-state index contributed by atoms with van der Waals surface area (Å²) < 4.78 is 14.9. The zero-order valence-corrected chi connectivity index (χ0v) is 33.6. The Bertz CT molecular complexity index is 2400. The number of primary amides is 1. The van der Waals surface area contributed by atoms with Crippen LogP contribution < -0.4 is 26.6 Å². The lowest BCUT2D eigenvalue weighted by Crippen LogP contribution is -2.49. The number of hydrogen-bond donors (Lipinski definition) is 4. The Kier molecular flexibility index (Phi) is 12.0. The number of nitrogens with one attached hydrogen (secondary N) is 3. The molecule has 0 spiro atoms. The lowest BCUT2D eigenvalue weighted by atomic mass is 9.90. The van der Waals surface area contributed by atoms with E-state index in [1.165, 1.54) is 0 Å². The van der Waals surface area contributed by atoms with Crippen LogP contribution in [0.3, 0.4) is 0 Å². The van der Waals surface area contributed by atoms with Gasteiger partial charge in [0.25, 0.3) is 5.91 Å².